The fourth-order valence-corrected chi connectivity index (χ4v) is 1.65. The number of ether oxygens (including phenoxy) is 1. The third-order valence-electron chi connectivity index (χ3n) is 2.57. The largest absolute Gasteiger partial charge is 0.496 e. The van der Waals surface area contributed by atoms with Gasteiger partial charge in [-0.25, -0.2) is 0 Å². The van der Waals surface area contributed by atoms with Crippen LogP contribution in [0.25, 0.3) is 0 Å². The van der Waals surface area contributed by atoms with E-state index in [0.717, 1.165) is 17.7 Å². The van der Waals surface area contributed by atoms with Crippen molar-refractivity contribution in [3.63, 3.8) is 0 Å². The van der Waals surface area contributed by atoms with E-state index in [-0.39, 0.29) is 6.42 Å². The minimum absolute atomic E-state index is 0.150. The van der Waals surface area contributed by atoms with E-state index >= 15 is 0 Å². The first-order chi connectivity index (χ1) is 8.17. The molecule has 0 atom stereocenters. The van der Waals surface area contributed by atoms with Crippen molar-refractivity contribution in [2.75, 3.05) is 13.7 Å². The number of benzene rings is 1. The normalized spacial score (nSPS) is 10.2. The molecule has 0 radical (unpaired) electrons. The predicted molar refractivity (Wildman–Crippen MR) is 66.3 cm³/mol. The van der Waals surface area contributed by atoms with Gasteiger partial charge in [-0.3, -0.25) is 4.79 Å². The van der Waals surface area contributed by atoms with Crippen LogP contribution in [0.1, 0.15) is 24.5 Å². The quantitative estimate of drug-likeness (QED) is 0.710. The van der Waals surface area contributed by atoms with Crippen LogP contribution in [-0.4, -0.2) is 24.7 Å². The summed E-state index contributed by atoms with van der Waals surface area (Å²) in [4.78, 5) is 10.3. The molecular formula is C13H19NO3. The molecule has 4 nitrogen and oxygen atoms in total. The first-order valence-electron chi connectivity index (χ1n) is 5.75. The van der Waals surface area contributed by atoms with Crippen LogP contribution in [0, 0.1) is 0 Å². The first kappa shape index (κ1) is 13.5. The zero-order valence-corrected chi connectivity index (χ0v) is 10.3. The summed E-state index contributed by atoms with van der Waals surface area (Å²) in [6.07, 6.45) is 1.07. The van der Waals surface area contributed by atoms with Crippen LogP contribution in [0.2, 0.25) is 0 Å². The van der Waals surface area contributed by atoms with Crippen LogP contribution in [0.4, 0.5) is 0 Å². The Morgan fingerprint density at radius 2 is 2.24 bits per heavy atom. The molecule has 0 heterocycles. The lowest BCUT2D eigenvalue weighted by Gasteiger charge is -2.09. The van der Waals surface area contributed by atoms with Crippen molar-refractivity contribution in [3.05, 3.63) is 29.3 Å². The van der Waals surface area contributed by atoms with Gasteiger partial charge in [0.2, 0.25) is 0 Å². The Morgan fingerprint density at radius 1 is 1.47 bits per heavy atom. The van der Waals surface area contributed by atoms with Gasteiger partial charge >= 0.3 is 5.97 Å². The summed E-state index contributed by atoms with van der Waals surface area (Å²) in [5, 5.41) is 11.6. The maximum atomic E-state index is 10.3. The van der Waals surface area contributed by atoms with Gasteiger partial charge in [-0.05, 0) is 23.6 Å². The highest BCUT2D eigenvalue weighted by Gasteiger charge is 2.02. The number of aliphatic carboxylic acids is 1. The van der Waals surface area contributed by atoms with Gasteiger partial charge in [-0.15, -0.1) is 0 Å². The fraction of sp³-hybridized carbons (Fsp3) is 0.462. The van der Waals surface area contributed by atoms with E-state index in [1.807, 2.05) is 12.1 Å². The predicted octanol–water partition coefficient (Wildman–Crippen LogP) is 1.82. The smallest absolute Gasteiger partial charge is 0.304 e. The van der Waals surface area contributed by atoms with Crippen molar-refractivity contribution >= 4 is 5.97 Å². The summed E-state index contributed by atoms with van der Waals surface area (Å²) in [6.45, 7) is 3.26. The van der Waals surface area contributed by atoms with Crippen molar-refractivity contribution in [2.45, 2.75) is 26.3 Å². The van der Waals surface area contributed by atoms with Gasteiger partial charge in [0.1, 0.15) is 5.75 Å². The molecule has 0 aliphatic rings. The highest BCUT2D eigenvalue weighted by molar-refractivity contribution is 5.66. The molecule has 1 aromatic carbocycles. The number of carboxylic acids is 1. The molecule has 1 rings (SSSR count). The Morgan fingerprint density at radius 3 is 2.82 bits per heavy atom. The van der Waals surface area contributed by atoms with Crippen LogP contribution < -0.4 is 10.1 Å². The van der Waals surface area contributed by atoms with Crippen molar-refractivity contribution in [1.82, 2.24) is 5.32 Å². The SMILES string of the molecule is CCc1cc(CNCCC(=O)O)ccc1OC. The Hall–Kier alpha value is -1.55. The lowest BCUT2D eigenvalue weighted by atomic mass is 10.1. The summed E-state index contributed by atoms with van der Waals surface area (Å²) in [5.74, 6) is 0.128. The Labute approximate surface area is 102 Å². The maximum Gasteiger partial charge on any atom is 0.304 e. The molecule has 94 valence electrons. The Bertz CT molecular complexity index is 377. The molecule has 0 fully saturated rings. The van der Waals surface area contributed by atoms with Crippen LogP contribution in [-0.2, 0) is 17.8 Å². The molecule has 0 aromatic heterocycles. The van der Waals surface area contributed by atoms with Crippen molar-refractivity contribution in [2.24, 2.45) is 0 Å². The second-order valence-electron chi connectivity index (χ2n) is 3.82. The molecule has 2 N–H and O–H groups in total. The lowest BCUT2D eigenvalue weighted by Crippen LogP contribution is -2.17. The molecule has 0 aliphatic carbocycles. The zero-order valence-electron chi connectivity index (χ0n) is 10.3. The Balaban J connectivity index is 2.51. The number of nitrogens with one attached hydrogen (secondary N) is 1. The van der Waals surface area contributed by atoms with Gasteiger partial charge in [0.15, 0.2) is 0 Å². The van der Waals surface area contributed by atoms with Crippen LogP contribution >= 0.6 is 0 Å². The van der Waals surface area contributed by atoms with Crippen molar-refractivity contribution < 1.29 is 14.6 Å². The topological polar surface area (TPSA) is 58.6 Å². The van der Waals surface area contributed by atoms with E-state index in [9.17, 15) is 4.79 Å². The van der Waals surface area contributed by atoms with E-state index in [1.54, 1.807) is 7.11 Å². The van der Waals surface area contributed by atoms with Crippen LogP contribution in [0.3, 0.4) is 0 Å². The number of hydrogen-bond donors (Lipinski definition) is 2. The third kappa shape index (κ3) is 4.44. The molecule has 0 amide bonds. The monoisotopic (exact) mass is 237 g/mol. The van der Waals surface area contributed by atoms with E-state index in [4.69, 9.17) is 9.84 Å². The average Bonchev–Trinajstić information content (AvgIpc) is 2.34. The van der Waals surface area contributed by atoms with E-state index in [1.165, 1.54) is 5.56 Å². The molecule has 17 heavy (non-hydrogen) atoms. The Kier molecular flexibility index (Phi) is 5.49. The maximum absolute atomic E-state index is 10.3. The summed E-state index contributed by atoms with van der Waals surface area (Å²) < 4.78 is 5.25. The highest BCUT2D eigenvalue weighted by Crippen LogP contribution is 2.20. The number of rotatable bonds is 7. The number of hydrogen-bond acceptors (Lipinski definition) is 3. The lowest BCUT2D eigenvalue weighted by molar-refractivity contribution is -0.136. The van der Waals surface area contributed by atoms with Crippen molar-refractivity contribution in [3.8, 4) is 5.75 Å². The van der Waals surface area contributed by atoms with E-state index in [0.29, 0.717) is 13.1 Å². The number of carbonyl (C=O) groups is 1. The van der Waals surface area contributed by atoms with Gasteiger partial charge in [0, 0.05) is 13.1 Å². The van der Waals surface area contributed by atoms with Crippen molar-refractivity contribution in [1.29, 1.82) is 0 Å². The van der Waals surface area contributed by atoms with Gasteiger partial charge < -0.3 is 15.2 Å². The molecule has 1 aromatic rings. The number of carboxylic acid groups (broad SMARTS) is 1. The molecule has 0 spiro atoms. The van der Waals surface area contributed by atoms with E-state index in [2.05, 4.69) is 18.3 Å². The molecule has 0 saturated carbocycles. The summed E-state index contributed by atoms with van der Waals surface area (Å²) in [7, 11) is 1.67. The van der Waals surface area contributed by atoms with E-state index < -0.39 is 5.97 Å². The molecular weight excluding hydrogens is 218 g/mol. The van der Waals surface area contributed by atoms with Gasteiger partial charge in [-0.1, -0.05) is 19.1 Å². The number of methoxy groups -OCH3 is 1. The molecule has 0 bridgehead atoms. The van der Waals surface area contributed by atoms with Gasteiger partial charge in [0.05, 0.1) is 13.5 Å². The molecule has 0 unspecified atom stereocenters. The minimum Gasteiger partial charge on any atom is -0.496 e. The van der Waals surface area contributed by atoms with Gasteiger partial charge in [-0.2, -0.15) is 0 Å². The summed E-state index contributed by atoms with van der Waals surface area (Å²) in [6, 6.07) is 6.03. The van der Waals surface area contributed by atoms with Gasteiger partial charge in [0.25, 0.3) is 0 Å². The molecule has 4 heteroatoms. The van der Waals surface area contributed by atoms with Crippen LogP contribution in [0.5, 0.6) is 5.75 Å². The summed E-state index contributed by atoms with van der Waals surface area (Å²) >= 11 is 0. The fourth-order valence-electron chi connectivity index (χ4n) is 1.65. The summed E-state index contributed by atoms with van der Waals surface area (Å²) in [5.41, 5.74) is 2.32. The number of aryl methyl sites for hydroxylation is 1. The minimum atomic E-state index is -0.776. The standard InChI is InChI=1S/C13H19NO3/c1-3-11-8-10(4-5-12(11)17-2)9-14-7-6-13(15)16/h4-5,8,14H,3,6-7,9H2,1-2H3,(H,15,16). The third-order valence-corrected chi connectivity index (χ3v) is 2.57. The second-order valence-corrected chi connectivity index (χ2v) is 3.82. The zero-order chi connectivity index (χ0) is 12.7. The average molecular weight is 237 g/mol. The molecule has 0 saturated heterocycles. The highest BCUT2D eigenvalue weighted by atomic mass is 16.5. The first-order valence-corrected chi connectivity index (χ1v) is 5.75. The second kappa shape index (κ2) is 6.91. The van der Waals surface area contributed by atoms with Crippen LogP contribution in [0.15, 0.2) is 18.2 Å². The molecule has 0 aliphatic heterocycles.